The third kappa shape index (κ3) is 5.80. The smallest absolute Gasteiger partial charge is 0.142 e. The molecule has 21 heavy (non-hydrogen) atoms. The molecule has 0 aliphatic heterocycles. The van der Waals surface area contributed by atoms with E-state index >= 15 is 0 Å². The molecule has 1 aromatic carbocycles. The summed E-state index contributed by atoms with van der Waals surface area (Å²) in [5.41, 5.74) is 1.03. The minimum atomic E-state index is -0.313. The van der Waals surface area contributed by atoms with Gasteiger partial charge in [-0.2, -0.15) is 11.8 Å². The van der Waals surface area contributed by atoms with Crippen molar-refractivity contribution in [2.45, 2.75) is 56.7 Å². The Kier molecular flexibility index (Phi) is 7.35. The van der Waals surface area contributed by atoms with Crippen molar-refractivity contribution in [3.05, 3.63) is 34.6 Å². The summed E-state index contributed by atoms with van der Waals surface area (Å²) in [6, 6.07) is 5.58. The summed E-state index contributed by atoms with van der Waals surface area (Å²) in [5, 5.41) is 4.64. The van der Waals surface area contributed by atoms with Crippen molar-refractivity contribution in [1.29, 1.82) is 0 Å². The maximum absolute atomic E-state index is 13.6. The van der Waals surface area contributed by atoms with Crippen LogP contribution in [0.2, 0.25) is 5.02 Å². The topological polar surface area (TPSA) is 12.0 Å². The fourth-order valence-electron chi connectivity index (χ4n) is 2.80. The van der Waals surface area contributed by atoms with Gasteiger partial charge >= 0.3 is 0 Å². The van der Waals surface area contributed by atoms with Gasteiger partial charge in [0, 0.05) is 17.0 Å². The Morgan fingerprint density at radius 2 is 2.14 bits per heavy atom. The zero-order valence-corrected chi connectivity index (χ0v) is 14.3. The van der Waals surface area contributed by atoms with E-state index in [1.807, 2.05) is 6.07 Å². The van der Waals surface area contributed by atoms with E-state index < -0.39 is 0 Å². The zero-order valence-electron chi connectivity index (χ0n) is 12.7. The van der Waals surface area contributed by atoms with Gasteiger partial charge in [0.1, 0.15) is 5.82 Å². The van der Waals surface area contributed by atoms with Crippen LogP contribution in [-0.2, 0) is 6.42 Å². The summed E-state index contributed by atoms with van der Waals surface area (Å²) in [6.45, 7) is 3.20. The van der Waals surface area contributed by atoms with Crippen LogP contribution in [0.5, 0.6) is 0 Å². The van der Waals surface area contributed by atoms with E-state index in [4.69, 9.17) is 11.6 Å². The zero-order chi connectivity index (χ0) is 15.1. The molecule has 0 heterocycles. The standard InChI is InChI=1S/C17H25ClFNS/c1-2-9-20-14(12-21-15-5-3-4-6-15)10-13-7-8-16(18)17(19)11-13/h7-8,11,14-15,20H,2-6,9-10,12H2,1H3. The van der Waals surface area contributed by atoms with E-state index in [0.29, 0.717) is 6.04 Å². The molecule has 0 bridgehead atoms. The van der Waals surface area contributed by atoms with Crippen molar-refractivity contribution in [3.8, 4) is 0 Å². The SMILES string of the molecule is CCCNC(CSC1CCCC1)Cc1ccc(Cl)c(F)c1. The molecule has 2 rings (SSSR count). The average Bonchev–Trinajstić information content (AvgIpc) is 2.99. The van der Waals surface area contributed by atoms with Gasteiger partial charge in [-0.1, -0.05) is 37.4 Å². The van der Waals surface area contributed by atoms with E-state index in [9.17, 15) is 4.39 Å². The first-order chi connectivity index (χ1) is 10.2. The lowest BCUT2D eigenvalue weighted by molar-refractivity contribution is 0.547. The Balaban J connectivity index is 1.89. The normalized spacial score (nSPS) is 17.3. The van der Waals surface area contributed by atoms with Crippen molar-refractivity contribution in [2.24, 2.45) is 0 Å². The predicted octanol–water partition coefficient (Wildman–Crippen LogP) is 5.07. The van der Waals surface area contributed by atoms with Gasteiger partial charge in [0.05, 0.1) is 5.02 Å². The number of hydrogen-bond donors (Lipinski definition) is 1. The molecule has 0 spiro atoms. The van der Waals surface area contributed by atoms with Gasteiger partial charge in [0.25, 0.3) is 0 Å². The molecule has 1 aromatic rings. The van der Waals surface area contributed by atoms with Crippen LogP contribution in [0.15, 0.2) is 18.2 Å². The van der Waals surface area contributed by atoms with Gasteiger partial charge in [-0.15, -0.1) is 0 Å². The van der Waals surface area contributed by atoms with Gasteiger partial charge in [-0.25, -0.2) is 4.39 Å². The highest BCUT2D eigenvalue weighted by Gasteiger charge is 2.18. The van der Waals surface area contributed by atoms with Crippen LogP contribution in [0.4, 0.5) is 4.39 Å². The number of benzene rings is 1. The highest BCUT2D eigenvalue weighted by Crippen LogP contribution is 2.30. The molecule has 0 saturated heterocycles. The lowest BCUT2D eigenvalue weighted by Gasteiger charge is -2.20. The molecule has 1 fully saturated rings. The van der Waals surface area contributed by atoms with Crippen LogP contribution in [-0.4, -0.2) is 23.6 Å². The van der Waals surface area contributed by atoms with Crippen LogP contribution < -0.4 is 5.32 Å². The summed E-state index contributed by atoms with van der Waals surface area (Å²) in [7, 11) is 0. The summed E-state index contributed by atoms with van der Waals surface area (Å²) in [6.07, 6.45) is 7.48. The van der Waals surface area contributed by atoms with E-state index in [-0.39, 0.29) is 10.8 Å². The van der Waals surface area contributed by atoms with Gasteiger partial charge in [-0.05, 0) is 49.9 Å². The number of thioether (sulfide) groups is 1. The summed E-state index contributed by atoms with van der Waals surface area (Å²) in [4.78, 5) is 0. The Hall–Kier alpha value is -0.250. The molecule has 1 saturated carbocycles. The van der Waals surface area contributed by atoms with Gasteiger partial charge in [-0.3, -0.25) is 0 Å². The maximum Gasteiger partial charge on any atom is 0.142 e. The quantitative estimate of drug-likeness (QED) is 0.715. The number of hydrogen-bond acceptors (Lipinski definition) is 2. The molecule has 1 atom stereocenters. The van der Waals surface area contributed by atoms with Crippen LogP contribution in [0.25, 0.3) is 0 Å². The first-order valence-electron chi connectivity index (χ1n) is 7.98. The summed E-state index contributed by atoms with van der Waals surface area (Å²) >= 11 is 7.84. The van der Waals surface area contributed by atoms with E-state index in [2.05, 4.69) is 24.0 Å². The minimum Gasteiger partial charge on any atom is -0.313 e. The fourth-order valence-corrected chi connectivity index (χ4v) is 4.32. The second kappa shape index (κ2) is 9.02. The van der Waals surface area contributed by atoms with Crippen LogP contribution in [0.1, 0.15) is 44.6 Å². The first-order valence-corrected chi connectivity index (χ1v) is 9.40. The average molecular weight is 330 g/mol. The van der Waals surface area contributed by atoms with Gasteiger partial charge < -0.3 is 5.32 Å². The second-order valence-electron chi connectivity index (χ2n) is 5.84. The highest BCUT2D eigenvalue weighted by molar-refractivity contribution is 7.99. The number of rotatable bonds is 8. The highest BCUT2D eigenvalue weighted by atomic mass is 35.5. The van der Waals surface area contributed by atoms with Gasteiger partial charge in [0.2, 0.25) is 0 Å². The van der Waals surface area contributed by atoms with Crippen molar-refractivity contribution in [2.75, 3.05) is 12.3 Å². The van der Waals surface area contributed by atoms with Crippen molar-refractivity contribution < 1.29 is 4.39 Å². The largest absolute Gasteiger partial charge is 0.313 e. The number of nitrogens with one attached hydrogen (secondary N) is 1. The Bertz CT molecular complexity index is 435. The lowest BCUT2D eigenvalue weighted by atomic mass is 10.1. The molecule has 1 N–H and O–H groups in total. The monoisotopic (exact) mass is 329 g/mol. The molecule has 0 amide bonds. The van der Waals surface area contributed by atoms with Crippen LogP contribution >= 0.6 is 23.4 Å². The summed E-state index contributed by atoms with van der Waals surface area (Å²) < 4.78 is 13.6. The Labute approximate surface area is 137 Å². The summed E-state index contributed by atoms with van der Waals surface area (Å²) in [5.74, 6) is 0.793. The number of halogens is 2. The lowest BCUT2D eigenvalue weighted by Crippen LogP contribution is -2.34. The molecular formula is C17H25ClFNS. The molecule has 118 valence electrons. The molecule has 1 nitrogen and oxygen atoms in total. The third-order valence-corrected chi connectivity index (χ3v) is 5.83. The predicted molar refractivity (Wildman–Crippen MR) is 91.9 cm³/mol. The van der Waals surface area contributed by atoms with E-state index in [1.165, 1.54) is 25.7 Å². The second-order valence-corrected chi connectivity index (χ2v) is 7.58. The first kappa shape index (κ1) is 17.1. The molecule has 1 aliphatic carbocycles. The minimum absolute atomic E-state index is 0.206. The van der Waals surface area contributed by atoms with Crippen molar-refractivity contribution in [1.82, 2.24) is 5.32 Å². The molecular weight excluding hydrogens is 305 g/mol. The fraction of sp³-hybridized carbons (Fsp3) is 0.647. The Morgan fingerprint density at radius 3 is 2.81 bits per heavy atom. The molecule has 0 radical (unpaired) electrons. The third-order valence-electron chi connectivity index (χ3n) is 3.98. The van der Waals surface area contributed by atoms with Crippen molar-refractivity contribution >= 4 is 23.4 Å². The van der Waals surface area contributed by atoms with E-state index in [1.54, 1.807) is 12.1 Å². The van der Waals surface area contributed by atoms with Crippen molar-refractivity contribution in [3.63, 3.8) is 0 Å². The maximum atomic E-state index is 13.6. The van der Waals surface area contributed by atoms with Crippen LogP contribution in [0.3, 0.4) is 0 Å². The van der Waals surface area contributed by atoms with Gasteiger partial charge in [0.15, 0.2) is 0 Å². The van der Waals surface area contributed by atoms with E-state index in [0.717, 1.165) is 36.0 Å². The molecule has 0 aromatic heterocycles. The molecule has 1 aliphatic rings. The van der Waals surface area contributed by atoms with Crippen LogP contribution in [0, 0.1) is 5.82 Å². The molecule has 4 heteroatoms. The Morgan fingerprint density at radius 1 is 1.38 bits per heavy atom. The molecule has 1 unspecified atom stereocenters.